The molecule has 1 aromatic carbocycles. The molecule has 0 N–H and O–H groups in total. The lowest BCUT2D eigenvalue weighted by Gasteiger charge is -2.23. The maximum atomic E-state index is 13.1. The molecule has 0 unspecified atom stereocenters. The lowest BCUT2D eigenvalue weighted by molar-refractivity contribution is 0.0740. The van der Waals surface area contributed by atoms with Gasteiger partial charge in [-0.2, -0.15) is 0 Å². The average Bonchev–Trinajstić information content (AvgIpc) is 3.13. The zero-order valence-corrected chi connectivity index (χ0v) is 14.6. The Morgan fingerprint density at radius 1 is 1.22 bits per heavy atom. The number of nitrogens with zero attached hydrogens (tertiary/aromatic N) is 2. The van der Waals surface area contributed by atoms with Gasteiger partial charge in [0.2, 0.25) is 0 Å². The summed E-state index contributed by atoms with van der Waals surface area (Å²) in [5, 5.41) is 2.08. The van der Waals surface area contributed by atoms with Gasteiger partial charge in [-0.15, -0.1) is 11.3 Å². The minimum atomic E-state index is 0.105. The Balaban J connectivity index is 1.94. The molecule has 2 aromatic heterocycles. The summed E-state index contributed by atoms with van der Waals surface area (Å²) in [4.78, 5) is 15.0. The molecule has 0 aliphatic heterocycles. The summed E-state index contributed by atoms with van der Waals surface area (Å²) in [6, 6.07) is 14.6. The standard InChI is InChI=1S/C19H22N2OS/c1-4-20(13-15-8-6-5-7-9-15)19(22)17-12-18-16(10-11-23-18)21(17)14(2)3/h5-12,14H,4,13H2,1-3H3. The van der Waals surface area contributed by atoms with E-state index < -0.39 is 0 Å². The molecule has 2 heterocycles. The van der Waals surface area contributed by atoms with Gasteiger partial charge in [-0.1, -0.05) is 30.3 Å². The van der Waals surface area contributed by atoms with Crippen LogP contribution in [0.25, 0.3) is 10.2 Å². The molecule has 0 saturated heterocycles. The Morgan fingerprint density at radius 2 is 1.96 bits per heavy atom. The predicted molar refractivity (Wildman–Crippen MR) is 97.1 cm³/mol. The monoisotopic (exact) mass is 326 g/mol. The summed E-state index contributed by atoms with van der Waals surface area (Å²) in [6.45, 7) is 7.63. The topological polar surface area (TPSA) is 25.2 Å². The Morgan fingerprint density at radius 3 is 2.61 bits per heavy atom. The van der Waals surface area contributed by atoms with Gasteiger partial charge in [0.05, 0.1) is 10.2 Å². The molecule has 3 aromatic rings. The van der Waals surface area contributed by atoms with Crippen LogP contribution in [0.5, 0.6) is 0 Å². The highest BCUT2D eigenvalue weighted by Gasteiger charge is 2.22. The first-order chi connectivity index (χ1) is 11.1. The fourth-order valence-electron chi connectivity index (χ4n) is 2.96. The minimum absolute atomic E-state index is 0.105. The summed E-state index contributed by atoms with van der Waals surface area (Å²) in [6.07, 6.45) is 0. The van der Waals surface area contributed by atoms with Crippen molar-refractivity contribution in [2.75, 3.05) is 6.54 Å². The first-order valence-corrected chi connectivity index (χ1v) is 8.91. The highest BCUT2D eigenvalue weighted by atomic mass is 32.1. The van der Waals surface area contributed by atoms with Crippen LogP contribution in [0.15, 0.2) is 47.8 Å². The molecule has 120 valence electrons. The fraction of sp³-hybridized carbons (Fsp3) is 0.316. The van der Waals surface area contributed by atoms with Crippen LogP contribution in [-0.2, 0) is 6.54 Å². The molecule has 0 radical (unpaired) electrons. The van der Waals surface area contributed by atoms with Crippen molar-refractivity contribution in [3.63, 3.8) is 0 Å². The number of hydrogen-bond acceptors (Lipinski definition) is 2. The van der Waals surface area contributed by atoms with Gasteiger partial charge in [0.25, 0.3) is 5.91 Å². The van der Waals surface area contributed by atoms with E-state index in [-0.39, 0.29) is 11.9 Å². The maximum absolute atomic E-state index is 13.1. The second-order valence-electron chi connectivity index (χ2n) is 5.97. The summed E-state index contributed by atoms with van der Waals surface area (Å²) in [7, 11) is 0. The SMILES string of the molecule is CCN(Cc1ccccc1)C(=O)c1cc2sccc2n1C(C)C. The van der Waals surface area contributed by atoms with E-state index in [2.05, 4.69) is 42.0 Å². The largest absolute Gasteiger partial charge is 0.333 e. The first kappa shape index (κ1) is 15.8. The molecule has 0 aliphatic carbocycles. The quantitative estimate of drug-likeness (QED) is 0.651. The summed E-state index contributed by atoms with van der Waals surface area (Å²) >= 11 is 1.69. The minimum Gasteiger partial charge on any atom is -0.333 e. The lowest BCUT2D eigenvalue weighted by atomic mass is 10.2. The van der Waals surface area contributed by atoms with Crippen LogP contribution in [0.3, 0.4) is 0 Å². The molecule has 3 rings (SSSR count). The van der Waals surface area contributed by atoms with E-state index >= 15 is 0 Å². The average molecular weight is 326 g/mol. The Labute approximate surface area is 141 Å². The van der Waals surface area contributed by atoms with Crippen molar-refractivity contribution in [3.8, 4) is 0 Å². The Bertz CT molecular complexity index is 801. The molecular weight excluding hydrogens is 304 g/mol. The zero-order chi connectivity index (χ0) is 16.4. The number of thiophene rings is 1. The van der Waals surface area contributed by atoms with Crippen LogP contribution >= 0.6 is 11.3 Å². The number of benzene rings is 1. The third kappa shape index (κ3) is 3.04. The summed E-state index contributed by atoms with van der Waals surface area (Å²) in [5.41, 5.74) is 3.11. The van der Waals surface area contributed by atoms with E-state index in [1.807, 2.05) is 36.1 Å². The first-order valence-electron chi connectivity index (χ1n) is 8.03. The number of carbonyl (C=O) groups is 1. The normalized spacial score (nSPS) is 11.3. The van der Waals surface area contributed by atoms with E-state index in [0.717, 1.165) is 16.8 Å². The van der Waals surface area contributed by atoms with Crippen LogP contribution in [0, 0.1) is 0 Å². The van der Waals surface area contributed by atoms with Crippen LogP contribution in [0.1, 0.15) is 42.9 Å². The predicted octanol–water partition coefficient (Wildman–Crippen LogP) is 4.95. The van der Waals surface area contributed by atoms with E-state index in [1.54, 1.807) is 11.3 Å². The fourth-order valence-corrected chi connectivity index (χ4v) is 3.77. The third-order valence-electron chi connectivity index (χ3n) is 4.08. The van der Waals surface area contributed by atoms with Gasteiger partial charge in [0.15, 0.2) is 0 Å². The summed E-state index contributed by atoms with van der Waals surface area (Å²) in [5.74, 6) is 0.105. The van der Waals surface area contributed by atoms with Crippen molar-refractivity contribution in [2.24, 2.45) is 0 Å². The number of amides is 1. The molecule has 0 bridgehead atoms. The molecular formula is C19H22N2OS. The van der Waals surface area contributed by atoms with Crippen molar-refractivity contribution in [1.29, 1.82) is 0 Å². The Hall–Kier alpha value is -2.07. The molecule has 4 heteroatoms. The number of hydrogen-bond donors (Lipinski definition) is 0. The molecule has 0 saturated carbocycles. The lowest BCUT2D eigenvalue weighted by Crippen LogP contribution is -2.32. The zero-order valence-electron chi connectivity index (χ0n) is 13.8. The molecule has 0 aliphatic rings. The van der Waals surface area contributed by atoms with Gasteiger partial charge in [-0.3, -0.25) is 4.79 Å². The molecule has 0 atom stereocenters. The van der Waals surface area contributed by atoms with Crippen molar-refractivity contribution < 1.29 is 4.79 Å². The van der Waals surface area contributed by atoms with Crippen LogP contribution < -0.4 is 0 Å². The molecule has 3 nitrogen and oxygen atoms in total. The van der Waals surface area contributed by atoms with Crippen LogP contribution in [-0.4, -0.2) is 21.9 Å². The van der Waals surface area contributed by atoms with Crippen molar-refractivity contribution >= 4 is 27.5 Å². The van der Waals surface area contributed by atoms with E-state index in [4.69, 9.17) is 0 Å². The molecule has 23 heavy (non-hydrogen) atoms. The van der Waals surface area contributed by atoms with Crippen molar-refractivity contribution in [1.82, 2.24) is 9.47 Å². The van der Waals surface area contributed by atoms with E-state index in [9.17, 15) is 4.79 Å². The van der Waals surface area contributed by atoms with Crippen LogP contribution in [0.2, 0.25) is 0 Å². The van der Waals surface area contributed by atoms with Gasteiger partial charge in [0.1, 0.15) is 5.69 Å². The Kier molecular flexibility index (Phi) is 4.53. The number of carbonyl (C=O) groups excluding carboxylic acids is 1. The second kappa shape index (κ2) is 6.59. The summed E-state index contributed by atoms with van der Waals surface area (Å²) < 4.78 is 3.33. The smallest absolute Gasteiger partial charge is 0.270 e. The maximum Gasteiger partial charge on any atom is 0.270 e. The van der Waals surface area contributed by atoms with Gasteiger partial charge in [0, 0.05) is 19.1 Å². The van der Waals surface area contributed by atoms with Crippen molar-refractivity contribution in [2.45, 2.75) is 33.4 Å². The molecule has 0 spiro atoms. The van der Waals surface area contributed by atoms with Gasteiger partial charge in [-0.25, -0.2) is 0 Å². The van der Waals surface area contributed by atoms with E-state index in [1.165, 1.54) is 4.70 Å². The van der Waals surface area contributed by atoms with Crippen LogP contribution in [0.4, 0.5) is 0 Å². The van der Waals surface area contributed by atoms with Gasteiger partial charge >= 0.3 is 0 Å². The van der Waals surface area contributed by atoms with Gasteiger partial charge < -0.3 is 9.47 Å². The van der Waals surface area contributed by atoms with E-state index in [0.29, 0.717) is 13.1 Å². The highest BCUT2D eigenvalue weighted by molar-refractivity contribution is 7.17. The second-order valence-corrected chi connectivity index (χ2v) is 6.92. The van der Waals surface area contributed by atoms with Crippen molar-refractivity contribution in [3.05, 3.63) is 59.1 Å². The number of fused-ring (bicyclic) bond motifs is 1. The number of aromatic nitrogens is 1. The molecule has 0 fully saturated rings. The third-order valence-corrected chi connectivity index (χ3v) is 4.93. The van der Waals surface area contributed by atoms with Gasteiger partial charge in [-0.05, 0) is 43.8 Å². The molecule has 1 amide bonds. The highest BCUT2D eigenvalue weighted by Crippen LogP contribution is 2.29. The number of rotatable bonds is 5.